The molecule has 0 radical (unpaired) electrons. The molecule has 0 saturated carbocycles. The van der Waals surface area contributed by atoms with E-state index in [0.29, 0.717) is 13.2 Å². The van der Waals surface area contributed by atoms with Gasteiger partial charge in [0.25, 0.3) is 0 Å². The average Bonchev–Trinajstić information content (AvgIpc) is 2.68. The Balaban J connectivity index is 1.84. The number of ether oxygens (including phenoxy) is 2. The summed E-state index contributed by atoms with van der Waals surface area (Å²) in [4.78, 5) is 13.5. The minimum atomic E-state index is -4.86. The number of nitrogens with one attached hydrogen (secondary N) is 1. The maximum absolute atomic E-state index is 12.3. The van der Waals surface area contributed by atoms with Gasteiger partial charge in [0.15, 0.2) is 0 Å². The fourth-order valence-electron chi connectivity index (χ4n) is 2.61. The number of nitrogens with zero attached hydrogens (tertiary/aromatic N) is 1. The molecule has 31 heavy (non-hydrogen) atoms. The molecule has 170 valence electrons. The molecule has 0 aliphatic heterocycles. The van der Waals surface area contributed by atoms with Crippen LogP contribution in [0.2, 0.25) is 0 Å². The lowest BCUT2D eigenvalue weighted by Gasteiger charge is -2.18. The van der Waals surface area contributed by atoms with E-state index in [0.717, 1.165) is 35.6 Å². The van der Waals surface area contributed by atoms with Crippen molar-refractivity contribution < 1.29 is 35.9 Å². The Labute approximate surface area is 178 Å². The van der Waals surface area contributed by atoms with Crippen molar-refractivity contribution in [3.05, 3.63) is 54.1 Å². The molecular weight excluding hydrogens is 437 g/mol. The number of amides is 1. The number of hydrogen-bond acceptors (Lipinski definition) is 5. The number of rotatable bonds is 10. The zero-order valence-corrected chi connectivity index (χ0v) is 17.8. The predicted molar refractivity (Wildman–Crippen MR) is 107 cm³/mol. The molecule has 0 aromatic heterocycles. The Morgan fingerprint density at radius 1 is 1.03 bits per heavy atom. The highest BCUT2D eigenvalue weighted by atomic mass is 32.2. The van der Waals surface area contributed by atoms with Crippen LogP contribution in [0.3, 0.4) is 0 Å². The van der Waals surface area contributed by atoms with E-state index in [-0.39, 0.29) is 23.8 Å². The summed E-state index contributed by atoms with van der Waals surface area (Å²) in [7, 11) is -2.38. The fraction of sp³-hybridized carbons (Fsp3) is 0.350. The monoisotopic (exact) mass is 460 g/mol. The summed E-state index contributed by atoms with van der Waals surface area (Å²) in [6.45, 7) is 2.62. The minimum Gasteiger partial charge on any atom is -0.494 e. The molecule has 0 unspecified atom stereocenters. The third kappa shape index (κ3) is 8.10. The highest BCUT2D eigenvalue weighted by molar-refractivity contribution is 7.89. The summed E-state index contributed by atoms with van der Waals surface area (Å²) in [6, 6.07) is 11.1. The lowest BCUT2D eigenvalue weighted by Crippen LogP contribution is -2.32. The topological polar surface area (TPSA) is 84.9 Å². The van der Waals surface area contributed by atoms with Crippen LogP contribution < -0.4 is 14.2 Å². The summed E-state index contributed by atoms with van der Waals surface area (Å²) in [6.07, 6.45) is -4.95. The minimum absolute atomic E-state index is 0.0813. The van der Waals surface area contributed by atoms with Crippen molar-refractivity contribution in [2.45, 2.75) is 31.1 Å². The first kappa shape index (κ1) is 24.5. The molecule has 0 heterocycles. The molecule has 7 nitrogen and oxygen atoms in total. The van der Waals surface area contributed by atoms with E-state index in [9.17, 15) is 26.4 Å². The molecule has 2 rings (SSSR count). The second-order valence-corrected chi connectivity index (χ2v) is 8.26. The van der Waals surface area contributed by atoms with Crippen molar-refractivity contribution in [1.29, 1.82) is 0 Å². The molecule has 0 spiro atoms. The smallest absolute Gasteiger partial charge is 0.494 e. The molecule has 0 aliphatic rings. The van der Waals surface area contributed by atoms with Gasteiger partial charge in [-0.3, -0.25) is 4.79 Å². The summed E-state index contributed by atoms with van der Waals surface area (Å²) < 4.78 is 72.3. The van der Waals surface area contributed by atoms with Gasteiger partial charge in [-0.25, -0.2) is 13.1 Å². The van der Waals surface area contributed by atoms with Crippen molar-refractivity contribution in [2.75, 3.05) is 20.2 Å². The maximum Gasteiger partial charge on any atom is 0.573 e. The maximum atomic E-state index is 12.3. The zero-order chi connectivity index (χ0) is 23.1. The third-order valence-electron chi connectivity index (χ3n) is 4.08. The Bertz CT molecular complexity index is 962. The highest BCUT2D eigenvalue weighted by Crippen LogP contribution is 2.23. The van der Waals surface area contributed by atoms with Crippen LogP contribution in [0, 0.1) is 0 Å². The van der Waals surface area contributed by atoms with E-state index in [2.05, 4.69) is 9.46 Å². The van der Waals surface area contributed by atoms with Crippen molar-refractivity contribution in [3.63, 3.8) is 0 Å². The SMILES string of the molecule is CCOc1ccc(CN(C)C(=O)CCNS(=O)(=O)c2ccc(OC(F)(F)F)cc2)cc1. The fourth-order valence-corrected chi connectivity index (χ4v) is 3.64. The van der Waals surface area contributed by atoms with E-state index in [1.807, 2.05) is 19.1 Å². The van der Waals surface area contributed by atoms with Crippen LogP contribution in [-0.2, 0) is 21.4 Å². The molecule has 2 aromatic carbocycles. The number of hydrogen-bond donors (Lipinski definition) is 1. The number of alkyl halides is 3. The lowest BCUT2D eigenvalue weighted by molar-refractivity contribution is -0.274. The number of sulfonamides is 1. The Morgan fingerprint density at radius 2 is 1.61 bits per heavy atom. The Morgan fingerprint density at radius 3 is 2.16 bits per heavy atom. The standard InChI is InChI=1S/C20H23F3N2O5S/c1-3-29-16-6-4-15(5-7-16)14-25(2)19(26)12-13-24-31(27,28)18-10-8-17(9-11-18)30-20(21,22)23/h4-11,24H,3,12-14H2,1-2H3. The summed E-state index contributed by atoms with van der Waals surface area (Å²) in [5, 5.41) is 0. The van der Waals surface area contributed by atoms with Gasteiger partial charge in [0.2, 0.25) is 15.9 Å². The zero-order valence-electron chi connectivity index (χ0n) is 17.0. The van der Waals surface area contributed by atoms with Gasteiger partial charge in [0.05, 0.1) is 11.5 Å². The van der Waals surface area contributed by atoms with Gasteiger partial charge in [0, 0.05) is 26.6 Å². The highest BCUT2D eigenvalue weighted by Gasteiger charge is 2.31. The number of carbonyl (C=O) groups is 1. The van der Waals surface area contributed by atoms with Crippen LogP contribution >= 0.6 is 0 Å². The predicted octanol–water partition coefficient (Wildman–Crippen LogP) is 3.31. The number of benzene rings is 2. The molecule has 1 amide bonds. The number of halogens is 3. The Kier molecular flexibility index (Phi) is 8.28. The quantitative estimate of drug-likeness (QED) is 0.588. The molecule has 11 heteroatoms. The first-order valence-electron chi connectivity index (χ1n) is 9.31. The molecule has 1 N–H and O–H groups in total. The normalized spacial score (nSPS) is 11.8. The number of carbonyl (C=O) groups excluding carboxylic acids is 1. The van der Waals surface area contributed by atoms with E-state index < -0.39 is 22.1 Å². The summed E-state index contributed by atoms with van der Waals surface area (Å²) >= 11 is 0. The van der Waals surface area contributed by atoms with Gasteiger partial charge >= 0.3 is 6.36 Å². The van der Waals surface area contributed by atoms with Crippen molar-refractivity contribution in [1.82, 2.24) is 9.62 Å². The van der Waals surface area contributed by atoms with Crippen LogP contribution in [-0.4, -0.2) is 45.8 Å². The van der Waals surface area contributed by atoms with E-state index in [4.69, 9.17) is 4.74 Å². The van der Waals surface area contributed by atoms with Gasteiger partial charge in [-0.15, -0.1) is 13.2 Å². The van der Waals surface area contributed by atoms with Crippen LogP contribution in [0.5, 0.6) is 11.5 Å². The molecule has 0 saturated heterocycles. The summed E-state index contributed by atoms with van der Waals surface area (Å²) in [5.74, 6) is -0.0734. The van der Waals surface area contributed by atoms with Crippen LogP contribution in [0.25, 0.3) is 0 Å². The summed E-state index contributed by atoms with van der Waals surface area (Å²) in [5.41, 5.74) is 0.890. The van der Waals surface area contributed by atoms with Crippen LogP contribution in [0.15, 0.2) is 53.4 Å². The van der Waals surface area contributed by atoms with E-state index in [1.54, 1.807) is 19.2 Å². The lowest BCUT2D eigenvalue weighted by atomic mass is 10.2. The largest absolute Gasteiger partial charge is 0.573 e. The first-order valence-corrected chi connectivity index (χ1v) is 10.8. The molecule has 0 fully saturated rings. The van der Waals surface area contributed by atoms with Gasteiger partial charge in [-0.05, 0) is 48.9 Å². The Hall–Kier alpha value is -2.79. The molecule has 0 bridgehead atoms. The van der Waals surface area contributed by atoms with Crippen molar-refractivity contribution >= 4 is 15.9 Å². The van der Waals surface area contributed by atoms with Crippen LogP contribution in [0.1, 0.15) is 18.9 Å². The molecule has 2 aromatic rings. The van der Waals surface area contributed by atoms with E-state index >= 15 is 0 Å². The second-order valence-electron chi connectivity index (χ2n) is 6.49. The average molecular weight is 460 g/mol. The van der Waals surface area contributed by atoms with Gasteiger partial charge < -0.3 is 14.4 Å². The van der Waals surface area contributed by atoms with Crippen LogP contribution in [0.4, 0.5) is 13.2 Å². The second kappa shape index (κ2) is 10.5. The van der Waals surface area contributed by atoms with Gasteiger partial charge in [-0.2, -0.15) is 0 Å². The molecule has 0 atom stereocenters. The van der Waals surface area contributed by atoms with E-state index in [1.165, 1.54) is 4.90 Å². The van der Waals surface area contributed by atoms with Gasteiger partial charge in [0.1, 0.15) is 11.5 Å². The van der Waals surface area contributed by atoms with Crippen molar-refractivity contribution in [2.24, 2.45) is 0 Å². The molecule has 0 aliphatic carbocycles. The third-order valence-corrected chi connectivity index (χ3v) is 5.56. The van der Waals surface area contributed by atoms with Gasteiger partial charge in [-0.1, -0.05) is 12.1 Å². The first-order chi connectivity index (χ1) is 14.5. The van der Waals surface area contributed by atoms with Crippen molar-refractivity contribution in [3.8, 4) is 11.5 Å². The molecular formula is C20H23F3N2O5S.